The molecule has 0 bridgehead atoms. The van der Waals surface area contributed by atoms with E-state index in [4.69, 9.17) is 32.3 Å². The highest BCUT2D eigenvalue weighted by Crippen LogP contribution is 2.45. The predicted molar refractivity (Wildman–Crippen MR) is 481 cm³/mol. The van der Waals surface area contributed by atoms with E-state index >= 15 is 0 Å². The first-order valence-electron chi connectivity index (χ1n) is 45.1. The molecule has 0 spiro atoms. The molecule has 0 aromatic rings. The average molecular weight is 1650 g/mol. The second-order valence-corrected chi connectivity index (χ2v) is 32.5. The van der Waals surface area contributed by atoms with E-state index in [9.17, 15) is 43.5 Å². The number of ether oxygens (including phenoxy) is 3. The number of phosphoric acid groups is 2. The fraction of sp³-hybridized carbons (Fsp3) is 0.660. The Morgan fingerprint density at radius 1 is 0.252 bits per heavy atom. The van der Waals surface area contributed by atoms with Crippen LogP contribution in [0.3, 0.4) is 0 Å². The Bertz CT molecular complexity index is 2820. The largest absolute Gasteiger partial charge is 0.472 e. The molecule has 0 aliphatic rings. The van der Waals surface area contributed by atoms with Crippen LogP contribution in [0.4, 0.5) is 0 Å². The monoisotopic (exact) mass is 1650 g/mol. The maximum Gasteiger partial charge on any atom is 0.472 e. The minimum atomic E-state index is -4.95. The lowest BCUT2D eigenvalue weighted by atomic mass is 10.0. The van der Waals surface area contributed by atoms with Gasteiger partial charge in [0.25, 0.3) is 0 Å². The lowest BCUT2D eigenvalue weighted by Gasteiger charge is -2.21. The van der Waals surface area contributed by atoms with E-state index in [2.05, 4.69) is 203 Å². The number of hydrogen-bond donors (Lipinski definition) is 4. The van der Waals surface area contributed by atoms with E-state index < -0.39 is 91.5 Å². The summed E-state index contributed by atoms with van der Waals surface area (Å²) in [5, 5.41) is 20.7. The van der Waals surface area contributed by atoms with Crippen molar-refractivity contribution in [1.29, 1.82) is 0 Å². The zero-order chi connectivity index (χ0) is 83.6. The van der Waals surface area contributed by atoms with Gasteiger partial charge in [0.2, 0.25) is 0 Å². The second kappa shape index (κ2) is 87.9. The number of esters is 3. The van der Waals surface area contributed by atoms with Crippen LogP contribution in [0.5, 0.6) is 0 Å². The first-order chi connectivity index (χ1) is 56.2. The van der Waals surface area contributed by atoms with Crippen LogP contribution in [0, 0.1) is 0 Å². The van der Waals surface area contributed by atoms with Gasteiger partial charge >= 0.3 is 33.6 Å². The van der Waals surface area contributed by atoms with Gasteiger partial charge in [-0.05, 0) is 161 Å². The van der Waals surface area contributed by atoms with E-state index in [-0.39, 0.29) is 19.3 Å². The Morgan fingerprint density at radius 3 is 0.730 bits per heavy atom. The molecular formula is C97H162O16P2. The van der Waals surface area contributed by atoms with E-state index in [0.717, 1.165) is 186 Å². The number of rotatable bonds is 84. The number of carbonyl (C=O) groups excluding carboxylic acids is 3. The van der Waals surface area contributed by atoms with Gasteiger partial charge in [-0.3, -0.25) is 32.5 Å². The highest BCUT2D eigenvalue weighted by Gasteiger charge is 2.29. The molecule has 0 fully saturated rings. The zero-order valence-corrected chi connectivity index (χ0v) is 73.9. The summed E-state index contributed by atoms with van der Waals surface area (Å²) in [5.74, 6) is -1.61. The number of phosphoric ester groups is 2. The molecule has 115 heavy (non-hydrogen) atoms. The summed E-state index contributed by atoms with van der Waals surface area (Å²) in [7, 11) is -9.82. The smallest absolute Gasteiger partial charge is 0.463 e. The molecule has 656 valence electrons. The summed E-state index contributed by atoms with van der Waals surface area (Å²) in [5.41, 5.74) is 0. The lowest BCUT2D eigenvalue weighted by Crippen LogP contribution is -2.30. The van der Waals surface area contributed by atoms with Gasteiger partial charge in [0.1, 0.15) is 25.4 Å². The molecule has 0 aromatic carbocycles. The van der Waals surface area contributed by atoms with E-state index in [1.165, 1.54) is 109 Å². The molecule has 16 nitrogen and oxygen atoms in total. The number of aliphatic hydroxyl groups is 2. The van der Waals surface area contributed by atoms with Gasteiger partial charge < -0.3 is 34.2 Å². The summed E-state index contributed by atoms with van der Waals surface area (Å²) in [6.07, 6.45) is 115. The quantitative estimate of drug-likeness (QED) is 0.0146. The molecule has 0 saturated heterocycles. The molecular weight excluding hydrogens is 1480 g/mol. The standard InChI is InChI=1S/C97H162O16P2/c1-4-7-10-13-16-19-22-25-28-31-34-37-39-41-42-43-44-45-46-47-48-50-52-54-56-59-62-65-68-71-74-77-80-83-95(100)107-86-92(98)87-109-114(103,104)110-88-93(99)89-111-115(105,106)112-91-94(113-97(102)85-82-79-76-73-70-67-64-61-58-53-36-33-30-27-24-21-18-15-12-9-6-3)90-108-96(101)84-81-78-75-72-69-66-63-60-57-55-51-49-40-38-35-32-29-26-23-20-17-14-11-8-5-2/h7-8,10-11,16-21,25-30,34-38,41-42,49,51,53,57,60-61,64,92-94,98-99H,4-6,9,12-15,22-24,31-33,39-40,43-48,50,52,54-56,58-59,62-63,65-91H2,1-3H3,(H,103,104)(H,105,106)/b10-7-,11-8-,19-16-,20-17-,21-18-,28-25-,29-26-,30-27-,37-34-,38-35-,42-41-,51-49-,53-36-,60-57-,64-61-. The summed E-state index contributed by atoms with van der Waals surface area (Å²) in [6.45, 7) is 2.41. The summed E-state index contributed by atoms with van der Waals surface area (Å²) >= 11 is 0. The van der Waals surface area contributed by atoms with Crippen LogP contribution < -0.4 is 0 Å². The Labute approximate surface area is 700 Å². The Balaban J connectivity index is 4.60. The highest BCUT2D eigenvalue weighted by atomic mass is 31.2. The van der Waals surface area contributed by atoms with Crippen LogP contribution in [0.25, 0.3) is 0 Å². The predicted octanol–water partition coefficient (Wildman–Crippen LogP) is 27.7. The molecule has 18 heteroatoms. The maximum absolute atomic E-state index is 13.0. The molecule has 0 amide bonds. The number of carbonyl (C=O) groups is 3. The van der Waals surface area contributed by atoms with Crippen molar-refractivity contribution in [1.82, 2.24) is 0 Å². The molecule has 4 N–H and O–H groups in total. The van der Waals surface area contributed by atoms with Crippen molar-refractivity contribution in [2.24, 2.45) is 0 Å². The number of allylic oxidation sites excluding steroid dienone is 30. The van der Waals surface area contributed by atoms with Gasteiger partial charge in [-0.15, -0.1) is 0 Å². The summed E-state index contributed by atoms with van der Waals surface area (Å²) < 4.78 is 61.4. The fourth-order valence-electron chi connectivity index (χ4n) is 11.8. The topological polar surface area (TPSA) is 231 Å². The molecule has 0 aliphatic carbocycles. The number of aliphatic hydroxyl groups excluding tert-OH is 2. The van der Waals surface area contributed by atoms with Crippen molar-refractivity contribution in [3.63, 3.8) is 0 Å². The maximum atomic E-state index is 13.0. The van der Waals surface area contributed by atoms with E-state index in [1.54, 1.807) is 0 Å². The molecule has 0 aliphatic heterocycles. The highest BCUT2D eigenvalue weighted by molar-refractivity contribution is 7.47. The van der Waals surface area contributed by atoms with Crippen molar-refractivity contribution in [3.05, 3.63) is 182 Å². The molecule has 0 radical (unpaired) electrons. The van der Waals surface area contributed by atoms with Crippen LogP contribution in [-0.2, 0) is 55.8 Å². The van der Waals surface area contributed by atoms with E-state index in [0.29, 0.717) is 19.3 Å². The van der Waals surface area contributed by atoms with Gasteiger partial charge in [0, 0.05) is 19.3 Å². The van der Waals surface area contributed by atoms with Crippen molar-refractivity contribution in [2.75, 3.05) is 39.6 Å². The van der Waals surface area contributed by atoms with Crippen molar-refractivity contribution < 1.29 is 75.8 Å². The van der Waals surface area contributed by atoms with Crippen LogP contribution in [-0.4, -0.2) is 95.9 Å². The molecule has 0 aromatic heterocycles. The summed E-state index contributed by atoms with van der Waals surface area (Å²) in [6, 6.07) is 0. The first-order valence-corrected chi connectivity index (χ1v) is 48.1. The van der Waals surface area contributed by atoms with Crippen LogP contribution in [0.15, 0.2) is 182 Å². The van der Waals surface area contributed by atoms with Crippen LogP contribution in [0.2, 0.25) is 0 Å². The van der Waals surface area contributed by atoms with Crippen LogP contribution in [0.1, 0.15) is 355 Å². The van der Waals surface area contributed by atoms with E-state index in [1.807, 2.05) is 0 Å². The molecule has 0 saturated carbocycles. The third-order valence-corrected chi connectivity index (χ3v) is 20.5. The molecule has 5 atom stereocenters. The zero-order valence-electron chi connectivity index (χ0n) is 72.1. The normalized spacial score (nSPS) is 14.7. The van der Waals surface area contributed by atoms with Crippen molar-refractivity contribution in [3.8, 4) is 0 Å². The number of unbranched alkanes of at least 4 members (excludes halogenated alkanes) is 31. The van der Waals surface area contributed by atoms with Crippen molar-refractivity contribution in [2.45, 2.75) is 373 Å². The summed E-state index contributed by atoms with van der Waals surface area (Å²) in [4.78, 5) is 58.9. The Hall–Kier alpha value is -5.35. The lowest BCUT2D eigenvalue weighted by molar-refractivity contribution is -0.161. The first kappa shape index (κ1) is 110. The molecule has 0 rings (SSSR count). The van der Waals surface area contributed by atoms with Gasteiger partial charge in [0.05, 0.1) is 26.4 Å². The minimum Gasteiger partial charge on any atom is -0.463 e. The van der Waals surface area contributed by atoms with Crippen molar-refractivity contribution >= 4 is 33.6 Å². The SMILES string of the molecule is CC/C=C\C/C=C\C/C=C\C/C=C\C/C=C\C/C=C\CCCCCCCCC(=O)OCC(COP(=O)(O)OCC(O)COP(=O)(O)OCC(O)COC(=O)CCCCCCCCCCCCCCCCCCC/C=C\C/C=C\C/C=C\C/C=C\C/C=C\CC)OC(=O)CCCCCCC/C=C\C/C=C\C/C=C\C/C=C\CCCCC. The van der Waals surface area contributed by atoms with Gasteiger partial charge in [-0.2, -0.15) is 0 Å². The minimum absolute atomic E-state index is 0.0741. The Kier molecular flexibility index (Phi) is 83.9. The molecule has 0 heterocycles. The van der Waals surface area contributed by atoms with Gasteiger partial charge in [-0.25, -0.2) is 9.13 Å². The third kappa shape index (κ3) is 89.3. The average Bonchev–Trinajstić information content (AvgIpc) is 0.925. The second-order valence-electron chi connectivity index (χ2n) is 29.6. The number of hydrogen-bond acceptors (Lipinski definition) is 14. The fourth-order valence-corrected chi connectivity index (χ4v) is 13.4. The third-order valence-electron chi connectivity index (χ3n) is 18.6. The van der Waals surface area contributed by atoms with Gasteiger partial charge in [0.15, 0.2) is 6.10 Å². The Morgan fingerprint density at radius 2 is 0.461 bits per heavy atom. The molecule has 5 unspecified atom stereocenters. The van der Waals surface area contributed by atoms with Crippen LogP contribution >= 0.6 is 15.6 Å². The van der Waals surface area contributed by atoms with Gasteiger partial charge in [-0.1, -0.05) is 357 Å².